The third-order valence-corrected chi connectivity index (χ3v) is 5.63. The zero-order chi connectivity index (χ0) is 23.4. The molecule has 1 aromatic heterocycles. The molecule has 2 aromatic rings. The number of anilines is 2. The van der Waals surface area contributed by atoms with E-state index in [9.17, 15) is 23.2 Å². The largest absolute Gasteiger partial charge is 0.383 e. The lowest BCUT2D eigenvalue weighted by molar-refractivity contribution is -0.120. The minimum atomic E-state index is -0.724. The Hall–Kier alpha value is -3.01. The fourth-order valence-electron chi connectivity index (χ4n) is 3.72. The number of nitrogens with one attached hydrogen (secondary N) is 1. The van der Waals surface area contributed by atoms with Crippen LogP contribution < -0.4 is 21.9 Å². The standard InChI is InChI=1S/C22H29F2N5O3/c1-3-5-10-29-20(25)19(21(31)26-22(29)32)28(4-2)18(30)13-27(16-8-9-16)12-14-6-7-15(23)11-17(14)24/h6-7,11,16H,3-5,8-10,12-13,25H2,1-2H3,(H,26,31,32). The van der Waals surface area contributed by atoms with Crippen LogP contribution in [0.3, 0.4) is 0 Å². The quantitative estimate of drug-likeness (QED) is 0.579. The molecule has 0 aliphatic heterocycles. The number of benzene rings is 1. The fraction of sp³-hybridized carbons (Fsp3) is 0.500. The highest BCUT2D eigenvalue weighted by Gasteiger charge is 2.33. The molecule has 0 bridgehead atoms. The Bertz CT molecular complexity index is 1090. The summed E-state index contributed by atoms with van der Waals surface area (Å²) in [5.74, 6) is -1.77. The van der Waals surface area contributed by atoms with Gasteiger partial charge >= 0.3 is 5.69 Å². The van der Waals surface area contributed by atoms with Gasteiger partial charge in [0.25, 0.3) is 5.56 Å². The average molecular weight is 450 g/mol. The van der Waals surface area contributed by atoms with Crippen molar-refractivity contribution >= 4 is 17.4 Å². The molecule has 1 aliphatic carbocycles. The van der Waals surface area contributed by atoms with Gasteiger partial charge < -0.3 is 10.6 Å². The molecule has 1 aromatic carbocycles. The van der Waals surface area contributed by atoms with Crippen molar-refractivity contribution in [1.29, 1.82) is 0 Å². The van der Waals surface area contributed by atoms with Crippen LogP contribution in [0.4, 0.5) is 20.3 Å². The van der Waals surface area contributed by atoms with Crippen molar-refractivity contribution < 1.29 is 13.6 Å². The molecule has 1 fully saturated rings. The number of hydrogen-bond acceptors (Lipinski definition) is 5. The monoisotopic (exact) mass is 449 g/mol. The predicted octanol–water partition coefficient (Wildman–Crippen LogP) is 2.21. The molecule has 1 saturated carbocycles. The van der Waals surface area contributed by atoms with Crippen molar-refractivity contribution in [2.45, 2.75) is 58.7 Å². The number of aromatic amines is 1. The van der Waals surface area contributed by atoms with E-state index >= 15 is 0 Å². The first-order chi connectivity index (χ1) is 15.3. The van der Waals surface area contributed by atoms with Gasteiger partial charge in [-0.05, 0) is 32.3 Å². The lowest BCUT2D eigenvalue weighted by atomic mass is 10.2. The Morgan fingerprint density at radius 3 is 2.56 bits per heavy atom. The Balaban J connectivity index is 1.86. The Kier molecular flexibility index (Phi) is 7.44. The van der Waals surface area contributed by atoms with Crippen molar-refractivity contribution in [3.8, 4) is 0 Å². The molecule has 0 saturated heterocycles. The van der Waals surface area contributed by atoms with Crippen LogP contribution in [0.25, 0.3) is 0 Å². The van der Waals surface area contributed by atoms with E-state index < -0.39 is 22.9 Å². The van der Waals surface area contributed by atoms with Crippen molar-refractivity contribution in [2.24, 2.45) is 0 Å². The van der Waals surface area contributed by atoms with E-state index in [1.165, 1.54) is 21.6 Å². The number of aromatic nitrogens is 2. The molecule has 10 heteroatoms. The van der Waals surface area contributed by atoms with E-state index in [0.717, 1.165) is 25.3 Å². The van der Waals surface area contributed by atoms with Crippen molar-refractivity contribution in [3.63, 3.8) is 0 Å². The molecule has 1 amide bonds. The predicted molar refractivity (Wildman–Crippen MR) is 118 cm³/mol. The summed E-state index contributed by atoms with van der Waals surface area (Å²) in [4.78, 5) is 43.3. The van der Waals surface area contributed by atoms with Gasteiger partial charge in [0.2, 0.25) is 5.91 Å². The van der Waals surface area contributed by atoms with Gasteiger partial charge in [0.15, 0.2) is 5.69 Å². The van der Waals surface area contributed by atoms with Crippen LogP contribution in [-0.4, -0.2) is 39.5 Å². The number of nitrogen functional groups attached to an aromatic ring is 1. The second-order valence-corrected chi connectivity index (χ2v) is 8.01. The van der Waals surface area contributed by atoms with Gasteiger partial charge in [-0.15, -0.1) is 0 Å². The maximum atomic E-state index is 14.2. The molecule has 1 aliphatic rings. The van der Waals surface area contributed by atoms with E-state index in [0.29, 0.717) is 18.5 Å². The molecule has 0 spiro atoms. The average Bonchev–Trinajstić information content (AvgIpc) is 3.57. The summed E-state index contributed by atoms with van der Waals surface area (Å²) in [7, 11) is 0. The van der Waals surface area contributed by atoms with Crippen LogP contribution in [-0.2, 0) is 17.9 Å². The first kappa shape index (κ1) is 23.6. The maximum absolute atomic E-state index is 14.2. The number of likely N-dealkylation sites (N-methyl/N-ethyl adjacent to an activating group) is 1. The van der Waals surface area contributed by atoms with Crippen LogP contribution in [0.15, 0.2) is 27.8 Å². The van der Waals surface area contributed by atoms with Crippen LogP contribution in [0, 0.1) is 11.6 Å². The first-order valence-electron chi connectivity index (χ1n) is 10.9. The third-order valence-electron chi connectivity index (χ3n) is 5.63. The number of amides is 1. The van der Waals surface area contributed by atoms with Crippen LogP contribution >= 0.6 is 0 Å². The zero-order valence-electron chi connectivity index (χ0n) is 18.4. The molecule has 3 rings (SSSR count). The molecule has 0 atom stereocenters. The summed E-state index contributed by atoms with van der Waals surface area (Å²) in [6.45, 7) is 4.24. The molecule has 8 nitrogen and oxygen atoms in total. The third kappa shape index (κ3) is 5.24. The molecule has 32 heavy (non-hydrogen) atoms. The van der Waals surface area contributed by atoms with Gasteiger partial charge in [-0.25, -0.2) is 13.6 Å². The summed E-state index contributed by atoms with van der Waals surface area (Å²) in [5, 5.41) is 0. The topological polar surface area (TPSA) is 104 Å². The van der Waals surface area contributed by atoms with E-state index in [1.807, 2.05) is 11.8 Å². The number of halogens is 2. The van der Waals surface area contributed by atoms with Crippen LogP contribution in [0.2, 0.25) is 0 Å². The van der Waals surface area contributed by atoms with Crippen molar-refractivity contribution in [2.75, 3.05) is 23.7 Å². The molecule has 174 valence electrons. The van der Waals surface area contributed by atoms with E-state index in [1.54, 1.807) is 6.92 Å². The summed E-state index contributed by atoms with van der Waals surface area (Å²) >= 11 is 0. The normalized spacial score (nSPS) is 13.5. The lowest BCUT2D eigenvalue weighted by Crippen LogP contribution is -2.45. The Morgan fingerprint density at radius 2 is 1.97 bits per heavy atom. The number of carbonyl (C=O) groups excluding carboxylic acids is 1. The second kappa shape index (κ2) is 10.1. The molecule has 0 unspecified atom stereocenters. The number of nitrogens with zero attached hydrogens (tertiary/aromatic N) is 3. The van der Waals surface area contributed by atoms with Gasteiger partial charge in [0, 0.05) is 37.3 Å². The number of H-pyrrole nitrogens is 1. The number of carbonyl (C=O) groups is 1. The lowest BCUT2D eigenvalue weighted by Gasteiger charge is -2.27. The fourth-order valence-corrected chi connectivity index (χ4v) is 3.72. The molecular weight excluding hydrogens is 420 g/mol. The van der Waals surface area contributed by atoms with Gasteiger partial charge in [-0.3, -0.25) is 24.0 Å². The zero-order valence-corrected chi connectivity index (χ0v) is 18.4. The summed E-state index contributed by atoms with van der Waals surface area (Å²) < 4.78 is 28.7. The summed E-state index contributed by atoms with van der Waals surface area (Å²) in [6.07, 6.45) is 3.25. The summed E-state index contributed by atoms with van der Waals surface area (Å²) in [5.41, 5.74) is 5.05. The van der Waals surface area contributed by atoms with Crippen LogP contribution in [0.5, 0.6) is 0 Å². The van der Waals surface area contributed by atoms with Crippen LogP contribution in [0.1, 0.15) is 45.1 Å². The Labute approximate surface area is 184 Å². The van der Waals surface area contributed by atoms with Gasteiger partial charge in [0.05, 0.1) is 6.54 Å². The van der Waals surface area contributed by atoms with Crippen molar-refractivity contribution in [1.82, 2.24) is 14.5 Å². The molecule has 1 heterocycles. The Morgan fingerprint density at radius 1 is 1.25 bits per heavy atom. The van der Waals surface area contributed by atoms with E-state index in [2.05, 4.69) is 4.98 Å². The minimum Gasteiger partial charge on any atom is -0.383 e. The number of rotatable bonds is 10. The van der Waals surface area contributed by atoms with Gasteiger partial charge in [0.1, 0.15) is 17.5 Å². The number of nitrogens with two attached hydrogens (primary N) is 1. The van der Waals surface area contributed by atoms with Gasteiger partial charge in [-0.2, -0.15) is 0 Å². The molecular formula is C22H29F2N5O3. The highest BCUT2D eigenvalue weighted by molar-refractivity contribution is 5.96. The van der Waals surface area contributed by atoms with Crippen molar-refractivity contribution in [3.05, 3.63) is 56.2 Å². The molecule has 0 radical (unpaired) electrons. The highest BCUT2D eigenvalue weighted by atomic mass is 19.1. The first-order valence-corrected chi connectivity index (χ1v) is 10.9. The molecule has 3 N–H and O–H groups in total. The number of hydrogen-bond donors (Lipinski definition) is 2. The van der Waals surface area contributed by atoms with E-state index in [-0.39, 0.29) is 43.1 Å². The highest BCUT2D eigenvalue weighted by Crippen LogP contribution is 2.29. The second-order valence-electron chi connectivity index (χ2n) is 8.01. The maximum Gasteiger partial charge on any atom is 0.330 e. The minimum absolute atomic E-state index is 0.0510. The smallest absolute Gasteiger partial charge is 0.330 e. The SMILES string of the molecule is CCCCn1c(N)c(N(CC)C(=O)CN(Cc2ccc(F)cc2F)C2CC2)c(=O)[nH]c1=O. The summed E-state index contributed by atoms with van der Waals surface area (Å²) in [6, 6.07) is 3.48. The van der Waals surface area contributed by atoms with Gasteiger partial charge in [-0.1, -0.05) is 19.4 Å². The van der Waals surface area contributed by atoms with E-state index in [4.69, 9.17) is 5.73 Å². The number of unbranched alkanes of at least 4 members (excludes halogenated alkanes) is 1.